The average molecular weight is 316 g/mol. The van der Waals surface area contributed by atoms with Crippen molar-refractivity contribution in [3.8, 4) is 22.4 Å². The van der Waals surface area contributed by atoms with Gasteiger partial charge in [-0.25, -0.2) is 4.79 Å². The van der Waals surface area contributed by atoms with E-state index in [1.54, 1.807) is 12.1 Å². The Labute approximate surface area is 126 Å². The summed E-state index contributed by atoms with van der Waals surface area (Å²) in [6, 6.07) is 7.10. The first kappa shape index (κ1) is 12.8. The molecule has 0 amide bonds. The zero-order valence-electron chi connectivity index (χ0n) is 11.0. The molecule has 4 heterocycles. The zero-order chi connectivity index (χ0) is 14.9. The Bertz CT molecular complexity index is 933. The van der Waals surface area contributed by atoms with Crippen LogP contribution in [-0.2, 0) is 6.54 Å². The van der Waals surface area contributed by atoms with Crippen LogP contribution in [0.3, 0.4) is 0 Å². The van der Waals surface area contributed by atoms with E-state index < -0.39 is 5.76 Å². The summed E-state index contributed by atoms with van der Waals surface area (Å²) in [5, 5.41) is 9.79. The first-order valence-electron chi connectivity index (χ1n) is 6.28. The summed E-state index contributed by atoms with van der Waals surface area (Å²) in [6.45, 7) is 0.0535. The molecule has 0 aliphatic heterocycles. The number of hydrogen-bond acceptors (Lipinski definition) is 8. The summed E-state index contributed by atoms with van der Waals surface area (Å²) in [6.07, 6.45) is 1.47. The maximum Gasteiger partial charge on any atom is 0.437 e. The molecule has 0 radical (unpaired) electrons. The fourth-order valence-electron chi connectivity index (χ4n) is 1.86. The Morgan fingerprint density at radius 3 is 2.95 bits per heavy atom. The lowest BCUT2D eigenvalue weighted by atomic mass is 10.4. The van der Waals surface area contributed by atoms with Gasteiger partial charge in [0.05, 0.1) is 11.1 Å². The van der Waals surface area contributed by atoms with Crippen molar-refractivity contribution in [3.05, 3.63) is 52.3 Å². The number of aromatic nitrogens is 4. The molecule has 22 heavy (non-hydrogen) atoms. The van der Waals surface area contributed by atoms with Crippen LogP contribution in [0, 0.1) is 0 Å². The van der Waals surface area contributed by atoms with Crippen molar-refractivity contribution in [2.45, 2.75) is 6.54 Å². The van der Waals surface area contributed by atoms with Gasteiger partial charge in [0.15, 0.2) is 11.6 Å². The van der Waals surface area contributed by atoms with Gasteiger partial charge in [0, 0.05) is 0 Å². The summed E-state index contributed by atoms with van der Waals surface area (Å²) in [5.74, 6) is 0.617. The molecule has 4 aromatic rings. The van der Waals surface area contributed by atoms with Crippen LogP contribution >= 0.6 is 11.3 Å². The normalized spacial score (nSPS) is 11.1. The predicted octanol–water partition coefficient (Wildman–Crippen LogP) is 2.26. The van der Waals surface area contributed by atoms with Crippen LogP contribution in [-0.4, -0.2) is 19.9 Å². The largest absolute Gasteiger partial charge is 0.459 e. The Hall–Kier alpha value is -2.94. The summed E-state index contributed by atoms with van der Waals surface area (Å²) in [5.41, 5.74) is 0. The molecule has 0 saturated carbocycles. The molecular formula is C13H8N4O4S. The van der Waals surface area contributed by atoms with Crippen molar-refractivity contribution in [1.82, 2.24) is 19.9 Å². The number of hydrogen-bond donors (Lipinski definition) is 0. The third kappa shape index (κ3) is 2.27. The van der Waals surface area contributed by atoms with E-state index in [-0.39, 0.29) is 12.4 Å². The van der Waals surface area contributed by atoms with Crippen LogP contribution < -0.4 is 5.76 Å². The molecule has 0 bridgehead atoms. The fraction of sp³-hybridized carbons (Fsp3) is 0.0769. The molecule has 0 aliphatic carbocycles. The Kier molecular flexibility index (Phi) is 2.97. The molecule has 0 spiro atoms. The summed E-state index contributed by atoms with van der Waals surface area (Å²) in [7, 11) is 0. The fourth-order valence-corrected chi connectivity index (χ4v) is 2.50. The maximum absolute atomic E-state index is 11.8. The third-order valence-electron chi connectivity index (χ3n) is 2.83. The van der Waals surface area contributed by atoms with Gasteiger partial charge in [-0.1, -0.05) is 11.2 Å². The van der Waals surface area contributed by atoms with Crippen molar-refractivity contribution in [2.24, 2.45) is 0 Å². The van der Waals surface area contributed by atoms with Gasteiger partial charge in [0.2, 0.25) is 0 Å². The highest BCUT2D eigenvalue weighted by Gasteiger charge is 2.16. The molecule has 4 aromatic heterocycles. The van der Waals surface area contributed by atoms with E-state index in [0.29, 0.717) is 17.5 Å². The van der Waals surface area contributed by atoms with Crippen LogP contribution in [0.15, 0.2) is 54.1 Å². The minimum atomic E-state index is -0.617. The topological polar surface area (TPSA) is 100 Å². The number of nitrogens with zero attached hydrogens (tertiary/aromatic N) is 4. The number of furan rings is 1. The van der Waals surface area contributed by atoms with Crippen LogP contribution in [0.4, 0.5) is 0 Å². The minimum Gasteiger partial charge on any atom is -0.459 e. The molecule has 0 fully saturated rings. The van der Waals surface area contributed by atoms with Gasteiger partial charge in [-0.15, -0.1) is 16.4 Å². The van der Waals surface area contributed by atoms with E-state index in [1.807, 2.05) is 17.5 Å². The van der Waals surface area contributed by atoms with Crippen LogP contribution in [0.2, 0.25) is 0 Å². The second kappa shape index (κ2) is 5.11. The van der Waals surface area contributed by atoms with Crippen LogP contribution in [0.25, 0.3) is 22.4 Å². The predicted molar refractivity (Wildman–Crippen MR) is 75.2 cm³/mol. The quantitative estimate of drug-likeness (QED) is 0.569. The molecule has 0 aromatic carbocycles. The molecule has 110 valence electrons. The second-order valence-electron chi connectivity index (χ2n) is 4.30. The Morgan fingerprint density at radius 2 is 2.18 bits per heavy atom. The summed E-state index contributed by atoms with van der Waals surface area (Å²) in [4.78, 5) is 16.9. The lowest BCUT2D eigenvalue weighted by Crippen LogP contribution is -2.17. The van der Waals surface area contributed by atoms with Gasteiger partial charge < -0.3 is 13.4 Å². The highest BCUT2D eigenvalue weighted by atomic mass is 32.1. The van der Waals surface area contributed by atoms with Crippen molar-refractivity contribution >= 4 is 11.3 Å². The Balaban J connectivity index is 1.60. The van der Waals surface area contributed by atoms with Gasteiger partial charge in [-0.2, -0.15) is 9.67 Å². The highest BCUT2D eigenvalue weighted by Crippen LogP contribution is 2.22. The second-order valence-corrected chi connectivity index (χ2v) is 5.25. The van der Waals surface area contributed by atoms with Crippen LogP contribution in [0.5, 0.6) is 0 Å². The average Bonchev–Trinajstić information content (AvgIpc) is 3.28. The van der Waals surface area contributed by atoms with Gasteiger partial charge in [-0.05, 0) is 23.6 Å². The summed E-state index contributed by atoms with van der Waals surface area (Å²) < 4.78 is 16.4. The standard InChI is InChI=1S/C13H8N4O4S/c18-13-17(15-11(20-13)8-3-1-5-19-8)7-10-14-12(21-16-10)9-4-2-6-22-9/h1-6H,7H2. The maximum atomic E-state index is 11.8. The molecule has 9 heteroatoms. The first-order valence-corrected chi connectivity index (χ1v) is 7.16. The minimum absolute atomic E-state index is 0.0535. The molecule has 0 N–H and O–H groups in total. The zero-order valence-corrected chi connectivity index (χ0v) is 11.8. The highest BCUT2D eigenvalue weighted by molar-refractivity contribution is 7.13. The SMILES string of the molecule is O=c1oc(-c2ccco2)nn1Cc1noc(-c2cccs2)n1. The van der Waals surface area contributed by atoms with Gasteiger partial charge in [-0.3, -0.25) is 0 Å². The van der Waals surface area contributed by atoms with Crippen molar-refractivity contribution in [1.29, 1.82) is 0 Å². The smallest absolute Gasteiger partial charge is 0.437 e. The molecule has 8 nitrogen and oxygen atoms in total. The lowest BCUT2D eigenvalue weighted by molar-refractivity contribution is 0.416. The number of thiophene rings is 1. The van der Waals surface area contributed by atoms with Crippen LogP contribution in [0.1, 0.15) is 5.82 Å². The number of rotatable bonds is 4. The molecule has 0 unspecified atom stereocenters. The van der Waals surface area contributed by atoms with Crippen molar-refractivity contribution in [3.63, 3.8) is 0 Å². The van der Waals surface area contributed by atoms with E-state index in [9.17, 15) is 4.79 Å². The van der Waals surface area contributed by atoms with Gasteiger partial charge in [0.25, 0.3) is 11.8 Å². The van der Waals surface area contributed by atoms with Gasteiger partial charge >= 0.3 is 5.76 Å². The molecule has 0 aliphatic rings. The van der Waals surface area contributed by atoms with Gasteiger partial charge in [0.1, 0.15) is 6.54 Å². The molecule has 4 rings (SSSR count). The van der Waals surface area contributed by atoms with E-state index in [2.05, 4.69) is 15.2 Å². The molecular weight excluding hydrogens is 308 g/mol. The third-order valence-corrected chi connectivity index (χ3v) is 3.69. The lowest BCUT2D eigenvalue weighted by Gasteiger charge is -1.90. The molecule has 0 atom stereocenters. The first-order chi connectivity index (χ1) is 10.8. The van der Waals surface area contributed by atoms with Crippen molar-refractivity contribution in [2.75, 3.05) is 0 Å². The molecule has 0 saturated heterocycles. The summed E-state index contributed by atoms with van der Waals surface area (Å²) >= 11 is 1.49. The van der Waals surface area contributed by atoms with E-state index in [4.69, 9.17) is 13.4 Å². The Morgan fingerprint density at radius 1 is 1.23 bits per heavy atom. The van der Waals surface area contributed by atoms with E-state index in [1.165, 1.54) is 17.6 Å². The van der Waals surface area contributed by atoms with E-state index >= 15 is 0 Å². The monoisotopic (exact) mass is 316 g/mol. The van der Waals surface area contributed by atoms with Crippen molar-refractivity contribution < 1.29 is 13.4 Å². The van der Waals surface area contributed by atoms with E-state index in [0.717, 1.165) is 9.56 Å².